The molecule has 4 nitrogen and oxygen atoms in total. The quantitative estimate of drug-likeness (QED) is 0.826. The molecule has 86 valence electrons. The Hall–Kier alpha value is -1.48. The van der Waals surface area contributed by atoms with E-state index in [-0.39, 0.29) is 5.15 Å². The molecule has 17 heavy (non-hydrogen) atoms. The van der Waals surface area contributed by atoms with E-state index in [2.05, 4.69) is 10.3 Å². The van der Waals surface area contributed by atoms with Crippen LogP contribution in [0.4, 0.5) is 16.5 Å². The largest absolute Gasteiger partial charge is 0.399 e. The molecule has 0 saturated heterocycles. The maximum Gasteiger partial charge on any atom is 0.189 e. The molecule has 0 saturated carbocycles. The Labute approximate surface area is 112 Å². The zero-order chi connectivity index (χ0) is 12.4. The summed E-state index contributed by atoms with van der Waals surface area (Å²) in [6.45, 7) is 0. The average Bonchev–Trinajstić information content (AvgIpc) is 2.64. The molecule has 7 heteroatoms. The van der Waals surface area contributed by atoms with Crippen LogP contribution < -0.4 is 11.1 Å². The first kappa shape index (κ1) is 12.0. The molecule has 0 fully saturated rings. The first-order valence-corrected chi connectivity index (χ1v) is 6.06. The Morgan fingerprint density at radius 2 is 2.18 bits per heavy atom. The summed E-state index contributed by atoms with van der Waals surface area (Å²) in [7, 11) is 0. The minimum absolute atomic E-state index is 0.181. The van der Waals surface area contributed by atoms with Gasteiger partial charge in [0.2, 0.25) is 0 Å². The van der Waals surface area contributed by atoms with E-state index in [0.717, 1.165) is 11.3 Å². The van der Waals surface area contributed by atoms with Crippen molar-refractivity contribution in [2.45, 2.75) is 0 Å². The van der Waals surface area contributed by atoms with Crippen molar-refractivity contribution in [3.63, 3.8) is 0 Å². The Morgan fingerprint density at radius 1 is 1.41 bits per heavy atom. The van der Waals surface area contributed by atoms with E-state index < -0.39 is 0 Å². The number of aromatic nitrogens is 1. The summed E-state index contributed by atoms with van der Waals surface area (Å²) in [6, 6.07) is 7.02. The normalized spacial score (nSPS) is 9.94. The van der Waals surface area contributed by atoms with E-state index in [1.807, 2.05) is 6.07 Å². The van der Waals surface area contributed by atoms with Crippen LogP contribution in [0.3, 0.4) is 0 Å². The standard InChI is InChI=1S/C10H6Cl2N4S/c11-6-2-1-5(14)3-7(6)15-10-16-9(12)8(4-13)17-10/h1-3H,14H2,(H,15,16). The summed E-state index contributed by atoms with van der Waals surface area (Å²) in [5, 5.41) is 12.9. The van der Waals surface area contributed by atoms with Gasteiger partial charge in [-0.1, -0.05) is 34.5 Å². The zero-order valence-electron chi connectivity index (χ0n) is 8.37. The Kier molecular flexibility index (Phi) is 3.38. The lowest BCUT2D eigenvalue weighted by Gasteiger charge is -2.05. The molecule has 2 rings (SSSR count). The Bertz CT molecular complexity index is 603. The molecule has 0 spiro atoms. The number of nitrogens with zero attached hydrogens (tertiary/aromatic N) is 2. The third kappa shape index (κ3) is 2.61. The molecule has 0 radical (unpaired) electrons. The van der Waals surface area contributed by atoms with Crippen LogP contribution in [0, 0.1) is 11.3 Å². The van der Waals surface area contributed by atoms with Gasteiger partial charge in [-0.2, -0.15) is 5.26 Å². The van der Waals surface area contributed by atoms with E-state index >= 15 is 0 Å². The van der Waals surface area contributed by atoms with Crippen LogP contribution in [0.2, 0.25) is 10.2 Å². The highest BCUT2D eigenvalue weighted by molar-refractivity contribution is 7.16. The number of rotatable bonds is 2. The number of hydrogen-bond acceptors (Lipinski definition) is 5. The second kappa shape index (κ2) is 4.80. The van der Waals surface area contributed by atoms with Gasteiger partial charge in [0.15, 0.2) is 10.3 Å². The van der Waals surface area contributed by atoms with Crippen molar-refractivity contribution in [3.8, 4) is 6.07 Å². The van der Waals surface area contributed by atoms with Gasteiger partial charge < -0.3 is 11.1 Å². The minimum Gasteiger partial charge on any atom is -0.399 e. The van der Waals surface area contributed by atoms with E-state index in [1.165, 1.54) is 0 Å². The minimum atomic E-state index is 0.181. The molecule has 1 heterocycles. The fourth-order valence-corrected chi connectivity index (χ4v) is 2.30. The number of nitrogens with one attached hydrogen (secondary N) is 1. The summed E-state index contributed by atoms with van der Waals surface area (Å²) in [4.78, 5) is 4.35. The van der Waals surface area contributed by atoms with Gasteiger partial charge in [-0.25, -0.2) is 4.98 Å². The van der Waals surface area contributed by atoms with Crippen LogP contribution in [0.15, 0.2) is 18.2 Å². The summed E-state index contributed by atoms with van der Waals surface area (Å²) in [5.74, 6) is 0. The van der Waals surface area contributed by atoms with Crippen LogP contribution in [0.25, 0.3) is 0 Å². The lowest BCUT2D eigenvalue weighted by molar-refractivity contribution is 1.38. The van der Waals surface area contributed by atoms with E-state index in [4.69, 9.17) is 34.2 Å². The lowest BCUT2D eigenvalue weighted by Crippen LogP contribution is -1.92. The van der Waals surface area contributed by atoms with Gasteiger partial charge in [0, 0.05) is 5.69 Å². The topological polar surface area (TPSA) is 74.7 Å². The van der Waals surface area contributed by atoms with Crippen LogP contribution >= 0.6 is 34.5 Å². The molecule has 2 aromatic rings. The van der Waals surface area contributed by atoms with Gasteiger partial charge in [-0.15, -0.1) is 0 Å². The molecule has 0 aliphatic carbocycles. The van der Waals surface area contributed by atoms with Crippen molar-refractivity contribution in [2.75, 3.05) is 11.1 Å². The summed E-state index contributed by atoms with van der Waals surface area (Å²) in [5.41, 5.74) is 6.86. The molecule has 0 atom stereocenters. The van der Waals surface area contributed by atoms with Crippen molar-refractivity contribution >= 4 is 51.0 Å². The van der Waals surface area contributed by atoms with Gasteiger partial charge in [0.25, 0.3) is 0 Å². The van der Waals surface area contributed by atoms with Gasteiger partial charge in [0.05, 0.1) is 10.7 Å². The number of anilines is 3. The van der Waals surface area contributed by atoms with Gasteiger partial charge in [-0.05, 0) is 18.2 Å². The Balaban J connectivity index is 2.31. The highest BCUT2D eigenvalue weighted by atomic mass is 35.5. The molecule has 0 aliphatic heterocycles. The number of thiazole rings is 1. The molecule has 1 aromatic heterocycles. The molecular weight excluding hydrogens is 279 g/mol. The molecule has 0 bridgehead atoms. The van der Waals surface area contributed by atoms with Crippen molar-refractivity contribution in [3.05, 3.63) is 33.3 Å². The second-order valence-electron chi connectivity index (χ2n) is 3.12. The monoisotopic (exact) mass is 284 g/mol. The van der Waals surface area contributed by atoms with Crippen LogP contribution in [-0.4, -0.2) is 4.98 Å². The number of hydrogen-bond donors (Lipinski definition) is 2. The number of nitriles is 1. The van der Waals surface area contributed by atoms with Crippen molar-refractivity contribution in [2.24, 2.45) is 0 Å². The van der Waals surface area contributed by atoms with Gasteiger partial charge in [-0.3, -0.25) is 0 Å². The molecule has 0 amide bonds. The molecule has 3 N–H and O–H groups in total. The van der Waals surface area contributed by atoms with Crippen LogP contribution in [-0.2, 0) is 0 Å². The molecule has 0 aliphatic rings. The average molecular weight is 285 g/mol. The fourth-order valence-electron chi connectivity index (χ4n) is 1.18. The van der Waals surface area contributed by atoms with E-state index in [0.29, 0.717) is 26.4 Å². The lowest BCUT2D eigenvalue weighted by atomic mass is 10.3. The number of benzene rings is 1. The number of nitrogens with two attached hydrogens (primary N) is 1. The van der Waals surface area contributed by atoms with Gasteiger partial charge in [0.1, 0.15) is 10.9 Å². The first-order chi connectivity index (χ1) is 8.10. The van der Waals surface area contributed by atoms with Gasteiger partial charge >= 0.3 is 0 Å². The highest BCUT2D eigenvalue weighted by Gasteiger charge is 2.10. The summed E-state index contributed by atoms with van der Waals surface area (Å²) in [6.07, 6.45) is 0. The first-order valence-electron chi connectivity index (χ1n) is 4.48. The SMILES string of the molecule is N#Cc1sc(Nc2cc(N)ccc2Cl)nc1Cl. The number of halogens is 2. The van der Waals surface area contributed by atoms with Crippen LogP contribution in [0.1, 0.15) is 4.88 Å². The smallest absolute Gasteiger partial charge is 0.189 e. The Morgan fingerprint density at radius 3 is 2.82 bits per heavy atom. The van der Waals surface area contributed by atoms with Crippen molar-refractivity contribution in [1.29, 1.82) is 5.26 Å². The predicted molar refractivity (Wildman–Crippen MR) is 71.0 cm³/mol. The van der Waals surface area contributed by atoms with E-state index in [9.17, 15) is 0 Å². The second-order valence-corrected chi connectivity index (χ2v) is 4.88. The summed E-state index contributed by atoms with van der Waals surface area (Å²) >= 11 is 12.9. The van der Waals surface area contributed by atoms with Crippen LogP contribution in [0.5, 0.6) is 0 Å². The molecule has 1 aromatic carbocycles. The summed E-state index contributed by atoms with van der Waals surface area (Å²) < 4.78 is 0. The third-order valence-electron chi connectivity index (χ3n) is 1.92. The predicted octanol–water partition coefficient (Wildman–Crippen LogP) is 3.65. The maximum atomic E-state index is 8.76. The van der Waals surface area contributed by atoms with Crippen molar-refractivity contribution in [1.82, 2.24) is 4.98 Å². The third-order valence-corrected chi connectivity index (χ3v) is 3.51. The highest BCUT2D eigenvalue weighted by Crippen LogP contribution is 2.32. The molecule has 0 unspecified atom stereocenters. The maximum absolute atomic E-state index is 8.76. The fraction of sp³-hybridized carbons (Fsp3) is 0. The van der Waals surface area contributed by atoms with E-state index in [1.54, 1.807) is 18.2 Å². The molecular formula is C10H6Cl2N4S. The van der Waals surface area contributed by atoms with Crippen molar-refractivity contribution < 1.29 is 0 Å². The zero-order valence-corrected chi connectivity index (χ0v) is 10.7. The number of nitrogen functional groups attached to an aromatic ring is 1.